The SMILES string of the molecule is CCCN(CCN=C=O)C(=O)OC(C)(C)C. The smallest absolute Gasteiger partial charge is 0.410 e. The predicted octanol–water partition coefficient (Wildman–Crippen LogP) is 1.97. The molecule has 92 valence electrons. The van der Waals surface area contributed by atoms with Crippen LogP contribution in [-0.4, -0.2) is 42.3 Å². The molecule has 0 radical (unpaired) electrons. The molecule has 0 heterocycles. The summed E-state index contributed by atoms with van der Waals surface area (Å²) >= 11 is 0. The van der Waals surface area contributed by atoms with E-state index < -0.39 is 5.60 Å². The number of ether oxygens (including phenoxy) is 1. The Kier molecular flexibility index (Phi) is 6.42. The van der Waals surface area contributed by atoms with Gasteiger partial charge in [-0.1, -0.05) is 6.92 Å². The van der Waals surface area contributed by atoms with Crippen LogP contribution in [0.1, 0.15) is 34.1 Å². The van der Waals surface area contributed by atoms with E-state index in [1.54, 1.807) is 4.90 Å². The van der Waals surface area contributed by atoms with Crippen molar-refractivity contribution in [2.75, 3.05) is 19.6 Å². The van der Waals surface area contributed by atoms with E-state index in [9.17, 15) is 9.59 Å². The molecule has 0 aliphatic rings. The lowest BCUT2D eigenvalue weighted by Gasteiger charge is -2.26. The molecular weight excluding hydrogens is 208 g/mol. The molecule has 0 rings (SSSR count). The number of nitrogens with zero attached hydrogens (tertiary/aromatic N) is 2. The van der Waals surface area contributed by atoms with Gasteiger partial charge in [0.15, 0.2) is 0 Å². The van der Waals surface area contributed by atoms with Crippen molar-refractivity contribution in [3.8, 4) is 0 Å². The topological polar surface area (TPSA) is 59.0 Å². The van der Waals surface area contributed by atoms with Crippen molar-refractivity contribution in [3.63, 3.8) is 0 Å². The van der Waals surface area contributed by atoms with Crippen LogP contribution < -0.4 is 0 Å². The van der Waals surface area contributed by atoms with Gasteiger partial charge in [0.05, 0.1) is 6.54 Å². The van der Waals surface area contributed by atoms with Crippen LogP contribution >= 0.6 is 0 Å². The summed E-state index contributed by atoms with van der Waals surface area (Å²) in [5, 5.41) is 0. The van der Waals surface area contributed by atoms with Gasteiger partial charge in [0.1, 0.15) is 5.60 Å². The van der Waals surface area contributed by atoms with Crippen LogP contribution in [0.2, 0.25) is 0 Å². The molecule has 0 spiro atoms. The van der Waals surface area contributed by atoms with E-state index in [2.05, 4.69) is 4.99 Å². The number of aliphatic imine (C=N–C) groups is 1. The van der Waals surface area contributed by atoms with Gasteiger partial charge >= 0.3 is 6.09 Å². The number of isocyanates is 1. The molecule has 0 aliphatic heterocycles. The maximum absolute atomic E-state index is 11.7. The van der Waals surface area contributed by atoms with E-state index in [0.717, 1.165) is 6.42 Å². The summed E-state index contributed by atoms with van der Waals surface area (Å²) in [5.41, 5.74) is -0.503. The Morgan fingerprint density at radius 2 is 2.00 bits per heavy atom. The second kappa shape index (κ2) is 7.01. The van der Waals surface area contributed by atoms with Crippen molar-refractivity contribution in [2.24, 2.45) is 4.99 Å². The van der Waals surface area contributed by atoms with Gasteiger partial charge < -0.3 is 9.64 Å². The van der Waals surface area contributed by atoms with Gasteiger partial charge in [-0.2, -0.15) is 0 Å². The number of carbonyl (C=O) groups excluding carboxylic acids is 2. The van der Waals surface area contributed by atoms with E-state index in [-0.39, 0.29) is 12.6 Å². The Labute approximate surface area is 96.5 Å². The van der Waals surface area contributed by atoms with Crippen LogP contribution in [0.15, 0.2) is 4.99 Å². The summed E-state index contributed by atoms with van der Waals surface area (Å²) in [6, 6.07) is 0. The average Bonchev–Trinajstić information content (AvgIpc) is 2.14. The summed E-state index contributed by atoms with van der Waals surface area (Å²) in [6.45, 7) is 8.68. The molecule has 0 atom stereocenters. The van der Waals surface area contributed by atoms with Crippen LogP contribution in [0, 0.1) is 0 Å². The maximum atomic E-state index is 11.7. The van der Waals surface area contributed by atoms with Crippen molar-refractivity contribution >= 4 is 12.2 Å². The number of rotatable bonds is 5. The Bertz CT molecular complexity index is 265. The highest BCUT2D eigenvalue weighted by Crippen LogP contribution is 2.10. The quantitative estimate of drug-likeness (QED) is 0.534. The van der Waals surface area contributed by atoms with Gasteiger partial charge in [0.2, 0.25) is 6.08 Å². The molecule has 0 aliphatic carbocycles. The molecule has 5 heteroatoms. The second-order valence-electron chi connectivity index (χ2n) is 4.44. The van der Waals surface area contributed by atoms with Gasteiger partial charge in [0, 0.05) is 13.1 Å². The van der Waals surface area contributed by atoms with Crippen molar-refractivity contribution in [1.29, 1.82) is 0 Å². The van der Waals surface area contributed by atoms with Crippen LogP contribution in [-0.2, 0) is 9.53 Å². The first-order valence-electron chi connectivity index (χ1n) is 5.42. The van der Waals surface area contributed by atoms with Crippen LogP contribution in [0.25, 0.3) is 0 Å². The van der Waals surface area contributed by atoms with E-state index in [1.165, 1.54) is 6.08 Å². The minimum atomic E-state index is -0.503. The fourth-order valence-electron chi connectivity index (χ4n) is 1.11. The average molecular weight is 228 g/mol. The number of hydrogen-bond acceptors (Lipinski definition) is 4. The van der Waals surface area contributed by atoms with Gasteiger partial charge in [0.25, 0.3) is 0 Å². The Hall–Kier alpha value is -1.35. The molecule has 0 aromatic carbocycles. The fourth-order valence-corrected chi connectivity index (χ4v) is 1.11. The zero-order valence-corrected chi connectivity index (χ0v) is 10.4. The Morgan fingerprint density at radius 3 is 2.44 bits per heavy atom. The molecule has 1 amide bonds. The predicted molar refractivity (Wildman–Crippen MR) is 61.1 cm³/mol. The zero-order chi connectivity index (χ0) is 12.6. The minimum Gasteiger partial charge on any atom is -0.444 e. The van der Waals surface area contributed by atoms with Crippen molar-refractivity contribution < 1.29 is 14.3 Å². The number of amides is 1. The first-order valence-corrected chi connectivity index (χ1v) is 5.42. The highest BCUT2D eigenvalue weighted by atomic mass is 16.6. The summed E-state index contributed by atoms with van der Waals surface area (Å²) in [5.74, 6) is 0. The van der Waals surface area contributed by atoms with Crippen LogP contribution in [0.5, 0.6) is 0 Å². The van der Waals surface area contributed by atoms with E-state index in [4.69, 9.17) is 4.74 Å². The van der Waals surface area contributed by atoms with E-state index in [1.807, 2.05) is 27.7 Å². The Balaban J connectivity index is 4.28. The standard InChI is InChI=1S/C11H20N2O3/c1-5-7-13(8-6-12-9-14)10(15)16-11(2,3)4/h5-8H2,1-4H3. The zero-order valence-electron chi connectivity index (χ0n) is 10.4. The fraction of sp³-hybridized carbons (Fsp3) is 0.818. The van der Waals surface area contributed by atoms with E-state index >= 15 is 0 Å². The molecule has 0 saturated carbocycles. The molecule has 0 aromatic rings. The largest absolute Gasteiger partial charge is 0.444 e. The third kappa shape index (κ3) is 7.01. The van der Waals surface area contributed by atoms with Gasteiger partial charge in [-0.25, -0.2) is 14.6 Å². The molecule has 0 saturated heterocycles. The monoisotopic (exact) mass is 228 g/mol. The highest BCUT2D eigenvalue weighted by molar-refractivity contribution is 5.68. The first-order chi connectivity index (χ1) is 7.40. The number of hydrogen-bond donors (Lipinski definition) is 0. The second-order valence-corrected chi connectivity index (χ2v) is 4.44. The van der Waals surface area contributed by atoms with Crippen molar-refractivity contribution in [1.82, 2.24) is 4.90 Å². The minimum absolute atomic E-state index is 0.267. The summed E-state index contributed by atoms with van der Waals surface area (Å²) in [6.07, 6.45) is 1.92. The normalized spacial score (nSPS) is 10.5. The van der Waals surface area contributed by atoms with Gasteiger partial charge in [-0.05, 0) is 27.2 Å². The maximum Gasteiger partial charge on any atom is 0.410 e. The lowest BCUT2D eigenvalue weighted by atomic mass is 10.2. The summed E-state index contributed by atoms with van der Waals surface area (Å²) < 4.78 is 5.23. The van der Waals surface area contributed by atoms with Crippen molar-refractivity contribution in [3.05, 3.63) is 0 Å². The summed E-state index contributed by atoms with van der Waals surface area (Å²) in [4.78, 5) is 26.6. The molecule has 0 aromatic heterocycles. The molecule has 0 fully saturated rings. The van der Waals surface area contributed by atoms with E-state index in [0.29, 0.717) is 13.1 Å². The van der Waals surface area contributed by atoms with Crippen LogP contribution in [0.3, 0.4) is 0 Å². The molecule has 0 bridgehead atoms. The summed E-state index contributed by atoms with van der Waals surface area (Å²) in [7, 11) is 0. The lowest BCUT2D eigenvalue weighted by molar-refractivity contribution is 0.0256. The third-order valence-electron chi connectivity index (χ3n) is 1.69. The third-order valence-corrected chi connectivity index (χ3v) is 1.69. The molecule has 0 N–H and O–H groups in total. The van der Waals surface area contributed by atoms with Crippen LogP contribution in [0.4, 0.5) is 4.79 Å². The van der Waals surface area contributed by atoms with Gasteiger partial charge in [-0.15, -0.1) is 0 Å². The number of carbonyl (C=O) groups is 1. The van der Waals surface area contributed by atoms with Crippen molar-refractivity contribution in [2.45, 2.75) is 39.7 Å². The molecular formula is C11H20N2O3. The highest BCUT2D eigenvalue weighted by Gasteiger charge is 2.21. The molecule has 5 nitrogen and oxygen atoms in total. The molecule has 0 unspecified atom stereocenters. The van der Waals surface area contributed by atoms with Gasteiger partial charge in [-0.3, -0.25) is 0 Å². The first kappa shape index (κ1) is 14.6. The molecule has 16 heavy (non-hydrogen) atoms. The lowest BCUT2D eigenvalue weighted by Crippen LogP contribution is -2.38. The Morgan fingerprint density at radius 1 is 1.38 bits per heavy atom.